The molecule has 0 radical (unpaired) electrons. The van der Waals surface area contributed by atoms with Crippen molar-refractivity contribution in [2.45, 2.75) is 46.0 Å². The highest BCUT2D eigenvalue weighted by Crippen LogP contribution is 2.13. The van der Waals surface area contributed by atoms with E-state index in [1.54, 1.807) is 0 Å². The number of hydrogen-bond acceptors (Lipinski definition) is 4. The number of nitrogens with one attached hydrogen (secondary N) is 2. The molecule has 0 aliphatic carbocycles. The lowest BCUT2D eigenvalue weighted by atomic mass is 10.1. The number of halogens is 1. The number of guanidine groups is 1. The molecule has 0 amide bonds. The van der Waals surface area contributed by atoms with Crippen LogP contribution in [0.5, 0.6) is 0 Å². The monoisotopic (exact) mass is 479 g/mol. The highest BCUT2D eigenvalue weighted by atomic mass is 127. The van der Waals surface area contributed by atoms with Gasteiger partial charge in [0, 0.05) is 44.2 Å². The normalized spacial score (nSPS) is 17.0. The van der Waals surface area contributed by atoms with E-state index in [0.29, 0.717) is 5.92 Å². The molecule has 5 nitrogen and oxygen atoms in total. The molecular weight excluding hydrogens is 445 g/mol. The summed E-state index contributed by atoms with van der Waals surface area (Å²) in [5.74, 6) is 1.53. The molecule has 25 heavy (non-hydrogen) atoms. The summed E-state index contributed by atoms with van der Waals surface area (Å²) in [5, 5.41) is 8.05. The van der Waals surface area contributed by atoms with E-state index in [4.69, 9.17) is 0 Å². The van der Waals surface area contributed by atoms with Gasteiger partial charge in [0.25, 0.3) is 0 Å². The third-order valence-corrected chi connectivity index (χ3v) is 5.64. The van der Waals surface area contributed by atoms with Crippen molar-refractivity contribution in [3.8, 4) is 0 Å². The predicted octanol–water partition coefficient (Wildman–Crippen LogP) is 3.15. The highest BCUT2D eigenvalue weighted by molar-refractivity contribution is 14.0. The molecule has 1 aromatic rings. The number of thiazole rings is 1. The molecule has 1 aliphatic heterocycles. The van der Waals surface area contributed by atoms with Gasteiger partial charge < -0.3 is 15.5 Å². The molecule has 1 aromatic heterocycles. The van der Waals surface area contributed by atoms with Crippen LogP contribution in [0.3, 0.4) is 0 Å². The summed E-state index contributed by atoms with van der Waals surface area (Å²) in [4.78, 5) is 12.7. The van der Waals surface area contributed by atoms with Crippen molar-refractivity contribution in [1.82, 2.24) is 20.5 Å². The van der Waals surface area contributed by atoms with Crippen LogP contribution in [-0.4, -0.2) is 55.6 Å². The van der Waals surface area contributed by atoms with Crippen LogP contribution in [-0.2, 0) is 12.8 Å². The van der Waals surface area contributed by atoms with E-state index in [0.717, 1.165) is 31.9 Å². The Bertz CT molecular complexity index is 499. The summed E-state index contributed by atoms with van der Waals surface area (Å²) < 4.78 is 0. The van der Waals surface area contributed by atoms with Crippen molar-refractivity contribution < 1.29 is 0 Å². The second kappa shape index (κ2) is 12.9. The zero-order chi connectivity index (χ0) is 17.2. The molecule has 1 unspecified atom stereocenters. The summed E-state index contributed by atoms with van der Waals surface area (Å²) in [5.41, 5.74) is 0. The minimum Gasteiger partial charge on any atom is -0.356 e. The maximum absolute atomic E-state index is 4.46. The smallest absolute Gasteiger partial charge is 0.190 e. The second-order valence-electron chi connectivity index (χ2n) is 6.67. The van der Waals surface area contributed by atoms with Crippen LogP contribution in [0.4, 0.5) is 0 Å². The van der Waals surface area contributed by atoms with Crippen molar-refractivity contribution in [2.75, 3.05) is 39.8 Å². The number of aliphatic imine (C=N–C) groups is 1. The largest absolute Gasteiger partial charge is 0.356 e. The minimum atomic E-state index is 0. The van der Waals surface area contributed by atoms with Crippen LogP contribution >= 0.6 is 35.3 Å². The maximum Gasteiger partial charge on any atom is 0.190 e. The van der Waals surface area contributed by atoms with Crippen molar-refractivity contribution in [2.24, 2.45) is 10.9 Å². The Morgan fingerprint density at radius 1 is 1.32 bits per heavy atom. The quantitative estimate of drug-likeness (QED) is 0.342. The van der Waals surface area contributed by atoms with E-state index in [2.05, 4.69) is 39.4 Å². The van der Waals surface area contributed by atoms with E-state index in [-0.39, 0.29) is 24.0 Å². The molecule has 1 fully saturated rings. The Labute approximate surface area is 174 Å². The molecule has 2 heterocycles. The maximum atomic E-state index is 4.46. The fourth-order valence-corrected chi connectivity index (χ4v) is 3.92. The number of rotatable bonds is 8. The average molecular weight is 479 g/mol. The summed E-state index contributed by atoms with van der Waals surface area (Å²) >= 11 is 1.81. The third-order valence-electron chi connectivity index (χ3n) is 4.44. The fraction of sp³-hybridized carbons (Fsp3) is 0.778. The minimum absolute atomic E-state index is 0. The molecule has 2 rings (SSSR count). The molecule has 0 spiro atoms. The number of nitrogens with zero attached hydrogens (tertiary/aromatic N) is 3. The van der Waals surface area contributed by atoms with E-state index in [1.165, 1.54) is 48.8 Å². The summed E-state index contributed by atoms with van der Waals surface area (Å²) in [6, 6.07) is 0. The van der Waals surface area contributed by atoms with Gasteiger partial charge in [-0.05, 0) is 38.3 Å². The first kappa shape index (κ1) is 22.6. The summed E-state index contributed by atoms with van der Waals surface area (Å²) in [6.07, 6.45) is 8.14. The number of piperidine rings is 1. The van der Waals surface area contributed by atoms with Crippen LogP contribution in [0.1, 0.15) is 43.0 Å². The molecule has 1 atom stereocenters. The van der Waals surface area contributed by atoms with Crippen molar-refractivity contribution in [3.63, 3.8) is 0 Å². The Balaban J connectivity index is 0.00000312. The lowest BCUT2D eigenvalue weighted by Gasteiger charge is -2.29. The van der Waals surface area contributed by atoms with Gasteiger partial charge in [-0.3, -0.25) is 4.99 Å². The van der Waals surface area contributed by atoms with Gasteiger partial charge in [-0.1, -0.05) is 20.3 Å². The van der Waals surface area contributed by atoms with Crippen LogP contribution in [0.25, 0.3) is 0 Å². The molecule has 0 bridgehead atoms. The zero-order valence-electron chi connectivity index (χ0n) is 15.9. The van der Waals surface area contributed by atoms with Gasteiger partial charge in [0.2, 0.25) is 0 Å². The molecule has 7 heteroatoms. The average Bonchev–Trinajstić information content (AvgIpc) is 3.07. The third kappa shape index (κ3) is 8.68. The van der Waals surface area contributed by atoms with Gasteiger partial charge in [-0.15, -0.1) is 35.3 Å². The number of aryl methyl sites for hydroxylation is 1. The van der Waals surface area contributed by atoms with Crippen LogP contribution in [0.2, 0.25) is 0 Å². The van der Waals surface area contributed by atoms with E-state index >= 15 is 0 Å². The molecule has 144 valence electrons. The first-order valence-electron chi connectivity index (χ1n) is 9.31. The van der Waals surface area contributed by atoms with Gasteiger partial charge in [0.1, 0.15) is 0 Å². The van der Waals surface area contributed by atoms with Crippen LogP contribution in [0, 0.1) is 5.92 Å². The van der Waals surface area contributed by atoms with Gasteiger partial charge in [-0.2, -0.15) is 0 Å². The zero-order valence-corrected chi connectivity index (χ0v) is 19.0. The Hall–Kier alpha value is -0.410. The first-order chi connectivity index (χ1) is 11.7. The van der Waals surface area contributed by atoms with E-state index in [1.807, 2.05) is 24.6 Å². The Kier molecular flexibility index (Phi) is 11.6. The molecular formula is C18H34IN5S. The molecule has 0 saturated carbocycles. The van der Waals surface area contributed by atoms with Crippen LogP contribution in [0.15, 0.2) is 11.2 Å². The highest BCUT2D eigenvalue weighted by Gasteiger charge is 2.13. The Morgan fingerprint density at radius 2 is 2.08 bits per heavy atom. The van der Waals surface area contributed by atoms with Crippen LogP contribution < -0.4 is 10.6 Å². The molecule has 1 aliphatic rings. The van der Waals surface area contributed by atoms with Crippen molar-refractivity contribution in [3.05, 3.63) is 16.1 Å². The SMILES string of the molecule is CCc1cnc(CCNC(=NC)NCC(C)CN2CCCCC2)s1.I. The van der Waals surface area contributed by atoms with Gasteiger partial charge in [-0.25, -0.2) is 4.98 Å². The standard InChI is InChI=1S/C18H33N5S.HI/c1-4-16-13-21-17(24-16)8-9-20-18(19-3)22-12-15(2)14-23-10-6-5-7-11-23;/h13,15H,4-12,14H2,1-3H3,(H2,19,20,22);1H. The van der Waals surface area contributed by atoms with E-state index in [9.17, 15) is 0 Å². The predicted molar refractivity (Wildman–Crippen MR) is 119 cm³/mol. The fourth-order valence-electron chi connectivity index (χ4n) is 3.05. The lowest BCUT2D eigenvalue weighted by Crippen LogP contribution is -2.42. The molecule has 2 N–H and O–H groups in total. The number of likely N-dealkylation sites (tertiary alicyclic amines) is 1. The first-order valence-corrected chi connectivity index (χ1v) is 10.1. The molecule has 1 saturated heterocycles. The van der Waals surface area contributed by atoms with E-state index < -0.39 is 0 Å². The van der Waals surface area contributed by atoms with Crippen molar-refractivity contribution in [1.29, 1.82) is 0 Å². The lowest BCUT2D eigenvalue weighted by molar-refractivity contribution is 0.201. The van der Waals surface area contributed by atoms with Gasteiger partial charge in [0.05, 0.1) is 5.01 Å². The van der Waals surface area contributed by atoms with Gasteiger partial charge >= 0.3 is 0 Å². The number of hydrogen-bond donors (Lipinski definition) is 2. The Morgan fingerprint density at radius 3 is 2.72 bits per heavy atom. The second-order valence-corrected chi connectivity index (χ2v) is 7.87. The summed E-state index contributed by atoms with van der Waals surface area (Å²) in [7, 11) is 1.84. The van der Waals surface area contributed by atoms with Crippen molar-refractivity contribution >= 4 is 41.3 Å². The summed E-state index contributed by atoms with van der Waals surface area (Å²) in [6.45, 7) is 10.0. The number of aromatic nitrogens is 1. The topological polar surface area (TPSA) is 52.6 Å². The van der Waals surface area contributed by atoms with Gasteiger partial charge in [0.15, 0.2) is 5.96 Å². The molecule has 0 aromatic carbocycles.